The molecule has 1 aromatic carbocycles. The summed E-state index contributed by atoms with van der Waals surface area (Å²) in [4.78, 5) is 23.9. The van der Waals surface area contributed by atoms with Crippen molar-refractivity contribution < 1.29 is 14.7 Å². The fourth-order valence-corrected chi connectivity index (χ4v) is 2.21. The molecule has 0 aliphatic rings. The van der Waals surface area contributed by atoms with E-state index in [2.05, 4.69) is 5.32 Å². The van der Waals surface area contributed by atoms with E-state index in [9.17, 15) is 9.59 Å². The molecule has 1 unspecified atom stereocenters. The summed E-state index contributed by atoms with van der Waals surface area (Å²) in [6.07, 6.45) is 3.02. The van der Waals surface area contributed by atoms with Gasteiger partial charge in [-0.15, -0.1) is 11.8 Å². The van der Waals surface area contributed by atoms with Crippen molar-refractivity contribution in [2.45, 2.75) is 30.7 Å². The van der Waals surface area contributed by atoms with Gasteiger partial charge in [-0.2, -0.15) is 0 Å². The molecular weight excluding hydrogens is 250 g/mol. The van der Waals surface area contributed by atoms with Crippen LogP contribution < -0.4 is 5.32 Å². The molecule has 0 fully saturated rings. The first-order valence-electron chi connectivity index (χ1n) is 5.76. The number of rotatable bonds is 6. The van der Waals surface area contributed by atoms with E-state index in [1.807, 2.05) is 25.3 Å². The number of hydrogen-bond donors (Lipinski definition) is 2. The van der Waals surface area contributed by atoms with Crippen LogP contribution in [0.15, 0.2) is 29.2 Å². The maximum absolute atomic E-state index is 12.0. The lowest BCUT2D eigenvalue weighted by atomic mass is 10.1. The number of aliphatic carboxylic acids is 1. The third-order valence-corrected chi connectivity index (χ3v) is 3.33. The minimum absolute atomic E-state index is 0.333. The van der Waals surface area contributed by atoms with Crippen LogP contribution in [0.4, 0.5) is 0 Å². The molecule has 1 amide bonds. The van der Waals surface area contributed by atoms with Gasteiger partial charge < -0.3 is 10.4 Å². The van der Waals surface area contributed by atoms with Gasteiger partial charge in [-0.25, -0.2) is 4.79 Å². The summed E-state index contributed by atoms with van der Waals surface area (Å²) in [6.45, 7) is 1.89. The molecule has 0 aliphatic heterocycles. The molecule has 0 aliphatic carbocycles. The second-order valence-electron chi connectivity index (χ2n) is 3.85. The Morgan fingerprint density at radius 1 is 1.39 bits per heavy atom. The number of carbonyl (C=O) groups excluding carboxylic acids is 1. The van der Waals surface area contributed by atoms with E-state index < -0.39 is 12.0 Å². The maximum atomic E-state index is 12.0. The van der Waals surface area contributed by atoms with Crippen LogP contribution in [0, 0.1) is 0 Å². The quantitative estimate of drug-likeness (QED) is 0.777. The Morgan fingerprint density at radius 3 is 2.61 bits per heavy atom. The number of carboxylic acids is 1. The zero-order valence-corrected chi connectivity index (χ0v) is 11.3. The number of carbonyl (C=O) groups is 2. The molecule has 0 saturated carbocycles. The van der Waals surface area contributed by atoms with Crippen molar-refractivity contribution in [2.75, 3.05) is 6.26 Å². The minimum Gasteiger partial charge on any atom is -0.480 e. The number of thioether (sulfide) groups is 1. The second-order valence-corrected chi connectivity index (χ2v) is 4.70. The van der Waals surface area contributed by atoms with E-state index in [0.29, 0.717) is 18.4 Å². The smallest absolute Gasteiger partial charge is 0.326 e. The first-order valence-corrected chi connectivity index (χ1v) is 6.99. The third kappa shape index (κ3) is 3.77. The normalized spacial score (nSPS) is 11.9. The SMILES string of the molecule is CCCC(NC(=O)c1ccccc1SC)C(=O)O. The Bertz CT molecular complexity index is 434. The predicted octanol–water partition coefficient (Wildman–Crippen LogP) is 2.39. The number of hydrogen-bond acceptors (Lipinski definition) is 3. The molecule has 0 spiro atoms. The molecular formula is C13H17NO3S. The average molecular weight is 267 g/mol. The number of nitrogens with one attached hydrogen (secondary N) is 1. The zero-order valence-electron chi connectivity index (χ0n) is 10.5. The second kappa shape index (κ2) is 7.06. The van der Waals surface area contributed by atoms with Crippen molar-refractivity contribution in [1.82, 2.24) is 5.32 Å². The summed E-state index contributed by atoms with van der Waals surface area (Å²) in [5, 5.41) is 11.6. The molecule has 1 aromatic rings. The highest BCUT2D eigenvalue weighted by molar-refractivity contribution is 7.98. The molecule has 0 radical (unpaired) electrons. The van der Waals surface area contributed by atoms with Crippen molar-refractivity contribution in [1.29, 1.82) is 0 Å². The molecule has 1 rings (SSSR count). The predicted molar refractivity (Wildman–Crippen MR) is 72.0 cm³/mol. The molecule has 0 bridgehead atoms. The molecule has 0 aromatic heterocycles. The summed E-state index contributed by atoms with van der Waals surface area (Å²) in [7, 11) is 0. The molecule has 18 heavy (non-hydrogen) atoms. The first kappa shape index (κ1) is 14.6. The van der Waals surface area contributed by atoms with Gasteiger partial charge in [-0.1, -0.05) is 25.5 Å². The van der Waals surface area contributed by atoms with E-state index in [4.69, 9.17) is 5.11 Å². The topological polar surface area (TPSA) is 66.4 Å². The molecule has 0 heterocycles. The number of carboxylic acid groups (broad SMARTS) is 1. The Labute approximate surface area is 111 Å². The molecule has 4 nitrogen and oxygen atoms in total. The Morgan fingerprint density at radius 2 is 2.06 bits per heavy atom. The average Bonchev–Trinajstić information content (AvgIpc) is 2.37. The Kier molecular flexibility index (Phi) is 5.71. The van der Waals surface area contributed by atoms with Gasteiger partial charge >= 0.3 is 5.97 Å². The largest absolute Gasteiger partial charge is 0.480 e. The third-order valence-electron chi connectivity index (χ3n) is 2.53. The summed E-state index contributed by atoms with van der Waals surface area (Å²) in [6, 6.07) is 6.34. The van der Waals surface area contributed by atoms with Crippen LogP contribution in [0.1, 0.15) is 30.1 Å². The van der Waals surface area contributed by atoms with Gasteiger partial charge in [0.15, 0.2) is 0 Å². The van der Waals surface area contributed by atoms with Crippen LogP contribution in [0.5, 0.6) is 0 Å². The van der Waals surface area contributed by atoms with Gasteiger partial charge in [-0.05, 0) is 24.8 Å². The van der Waals surface area contributed by atoms with Crippen molar-refractivity contribution >= 4 is 23.6 Å². The summed E-state index contributed by atoms with van der Waals surface area (Å²) in [5.74, 6) is -1.33. The number of benzene rings is 1. The van der Waals surface area contributed by atoms with Crippen molar-refractivity contribution in [3.05, 3.63) is 29.8 Å². The monoisotopic (exact) mass is 267 g/mol. The van der Waals surface area contributed by atoms with Gasteiger partial charge in [0.25, 0.3) is 5.91 Å². The highest BCUT2D eigenvalue weighted by Crippen LogP contribution is 2.19. The van der Waals surface area contributed by atoms with E-state index in [1.54, 1.807) is 12.1 Å². The van der Waals surface area contributed by atoms with Gasteiger partial charge in [0.1, 0.15) is 6.04 Å². The molecule has 2 N–H and O–H groups in total. The Balaban J connectivity index is 2.83. The summed E-state index contributed by atoms with van der Waals surface area (Å²) in [5.41, 5.74) is 0.521. The minimum atomic E-state index is -0.994. The zero-order chi connectivity index (χ0) is 13.5. The molecule has 0 saturated heterocycles. The van der Waals surface area contributed by atoms with Crippen LogP contribution in [0.3, 0.4) is 0 Å². The lowest BCUT2D eigenvalue weighted by Gasteiger charge is -2.14. The standard InChI is InChI=1S/C13H17NO3S/c1-3-6-10(13(16)17)14-12(15)9-7-4-5-8-11(9)18-2/h4-5,7-8,10H,3,6H2,1-2H3,(H,14,15)(H,16,17). The summed E-state index contributed by atoms with van der Waals surface area (Å²) < 4.78 is 0. The molecule has 5 heteroatoms. The van der Waals surface area contributed by atoms with Gasteiger partial charge in [0, 0.05) is 4.90 Å². The van der Waals surface area contributed by atoms with Crippen LogP contribution in [0.2, 0.25) is 0 Å². The first-order chi connectivity index (χ1) is 8.60. The fourth-order valence-electron chi connectivity index (χ4n) is 1.61. The lowest BCUT2D eigenvalue weighted by molar-refractivity contribution is -0.139. The molecule has 1 atom stereocenters. The van der Waals surface area contributed by atoms with Gasteiger partial charge in [-0.3, -0.25) is 4.79 Å². The van der Waals surface area contributed by atoms with Crippen LogP contribution in [-0.2, 0) is 4.79 Å². The molecule has 98 valence electrons. The highest BCUT2D eigenvalue weighted by Gasteiger charge is 2.20. The Hall–Kier alpha value is -1.49. The van der Waals surface area contributed by atoms with Crippen molar-refractivity contribution in [2.24, 2.45) is 0 Å². The van der Waals surface area contributed by atoms with E-state index in [0.717, 1.165) is 4.90 Å². The summed E-state index contributed by atoms with van der Waals surface area (Å²) >= 11 is 1.46. The van der Waals surface area contributed by atoms with Crippen LogP contribution in [0.25, 0.3) is 0 Å². The fraction of sp³-hybridized carbons (Fsp3) is 0.385. The van der Waals surface area contributed by atoms with Crippen molar-refractivity contribution in [3.8, 4) is 0 Å². The lowest BCUT2D eigenvalue weighted by Crippen LogP contribution is -2.40. The highest BCUT2D eigenvalue weighted by atomic mass is 32.2. The van der Waals surface area contributed by atoms with Gasteiger partial charge in [0.05, 0.1) is 5.56 Å². The van der Waals surface area contributed by atoms with Crippen LogP contribution in [-0.4, -0.2) is 29.3 Å². The van der Waals surface area contributed by atoms with Crippen LogP contribution >= 0.6 is 11.8 Å². The van der Waals surface area contributed by atoms with Crippen molar-refractivity contribution in [3.63, 3.8) is 0 Å². The van der Waals surface area contributed by atoms with E-state index in [-0.39, 0.29) is 5.91 Å². The van der Waals surface area contributed by atoms with Gasteiger partial charge in [0.2, 0.25) is 0 Å². The van der Waals surface area contributed by atoms with E-state index in [1.165, 1.54) is 11.8 Å². The van der Waals surface area contributed by atoms with E-state index >= 15 is 0 Å². The number of amides is 1. The maximum Gasteiger partial charge on any atom is 0.326 e.